The molecule has 7 heteroatoms. The van der Waals surface area contributed by atoms with Gasteiger partial charge >= 0.3 is 0 Å². The van der Waals surface area contributed by atoms with E-state index in [4.69, 9.17) is 0 Å². The fraction of sp³-hybridized carbons (Fsp3) is 0.211. The van der Waals surface area contributed by atoms with Gasteiger partial charge in [0, 0.05) is 20.9 Å². The third kappa shape index (κ3) is 5.83. The molecule has 0 fully saturated rings. The number of carbonyl (C=O) groups excluding carboxylic acids is 3. The van der Waals surface area contributed by atoms with Crippen LogP contribution in [0.1, 0.15) is 24.2 Å². The maximum Gasteiger partial charge on any atom is 0.252 e. The van der Waals surface area contributed by atoms with Crippen LogP contribution >= 0.6 is 22.6 Å². The van der Waals surface area contributed by atoms with Crippen molar-refractivity contribution >= 4 is 51.7 Å². The average molecular weight is 465 g/mol. The summed E-state index contributed by atoms with van der Waals surface area (Å²) in [6.45, 7) is 3.46. The van der Waals surface area contributed by atoms with Gasteiger partial charge in [-0.15, -0.1) is 0 Å². The molecule has 6 nitrogen and oxygen atoms in total. The van der Waals surface area contributed by atoms with Crippen molar-refractivity contribution in [1.29, 1.82) is 0 Å². The molecule has 0 unspecified atom stereocenters. The molecule has 3 N–H and O–H groups in total. The van der Waals surface area contributed by atoms with Gasteiger partial charge in [-0.2, -0.15) is 0 Å². The largest absolute Gasteiger partial charge is 0.343 e. The summed E-state index contributed by atoms with van der Waals surface area (Å²) in [5.74, 6) is -0.887. The first-order chi connectivity index (χ1) is 12.4. The number of nitrogens with one attached hydrogen (secondary N) is 3. The van der Waals surface area contributed by atoms with Gasteiger partial charge in [0.15, 0.2) is 0 Å². The summed E-state index contributed by atoms with van der Waals surface area (Å²) in [7, 11) is 0. The van der Waals surface area contributed by atoms with Crippen LogP contribution in [0.5, 0.6) is 0 Å². The minimum absolute atomic E-state index is 0.0989. The summed E-state index contributed by atoms with van der Waals surface area (Å²) >= 11 is 2.07. The zero-order valence-electron chi connectivity index (χ0n) is 14.5. The molecule has 0 aliphatic heterocycles. The summed E-state index contributed by atoms with van der Waals surface area (Å²) in [6.07, 6.45) is 0. The number of benzene rings is 2. The van der Waals surface area contributed by atoms with Crippen molar-refractivity contribution in [2.24, 2.45) is 5.92 Å². The van der Waals surface area contributed by atoms with Gasteiger partial charge in [0.05, 0.1) is 12.1 Å². The molecule has 0 aromatic heterocycles. The SMILES string of the molecule is CC(C)C(=O)Nc1cccc(NC(=O)CNC(=O)c2ccccc2I)c1. The fourth-order valence-electron chi connectivity index (χ4n) is 2.07. The van der Waals surface area contributed by atoms with Crippen LogP contribution in [0.3, 0.4) is 0 Å². The van der Waals surface area contributed by atoms with Crippen molar-refractivity contribution in [3.05, 3.63) is 57.7 Å². The number of rotatable bonds is 6. The molecular formula is C19H20IN3O3. The van der Waals surface area contributed by atoms with Gasteiger partial charge in [-0.05, 0) is 52.9 Å². The monoisotopic (exact) mass is 465 g/mol. The molecule has 2 aromatic rings. The zero-order valence-corrected chi connectivity index (χ0v) is 16.7. The Kier molecular flexibility index (Phi) is 7.14. The van der Waals surface area contributed by atoms with Crippen molar-refractivity contribution in [1.82, 2.24) is 5.32 Å². The molecule has 0 atom stereocenters. The van der Waals surface area contributed by atoms with Crippen LogP contribution in [0.4, 0.5) is 11.4 Å². The predicted octanol–water partition coefficient (Wildman–Crippen LogP) is 3.25. The lowest BCUT2D eigenvalue weighted by atomic mass is 10.2. The maximum atomic E-state index is 12.1. The number of hydrogen-bond acceptors (Lipinski definition) is 3. The van der Waals surface area contributed by atoms with Crippen LogP contribution in [0.25, 0.3) is 0 Å². The molecule has 0 bridgehead atoms. The molecule has 0 saturated carbocycles. The standard InChI is InChI=1S/C19H20IN3O3/c1-12(2)18(25)23-14-7-5-6-13(10-14)22-17(24)11-21-19(26)15-8-3-4-9-16(15)20/h3-10,12H,11H2,1-2H3,(H,21,26)(H,22,24)(H,23,25). The highest BCUT2D eigenvalue weighted by molar-refractivity contribution is 14.1. The maximum absolute atomic E-state index is 12.1. The molecule has 0 aliphatic carbocycles. The van der Waals surface area contributed by atoms with Gasteiger partial charge in [0.1, 0.15) is 0 Å². The van der Waals surface area contributed by atoms with Gasteiger partial charge in [-0.1, -0.05) is 32.0 Å². The van der Waals surface area contributed by atoms with E-state index in [2.05, 4.69) is 38.5 Å². The molecule has 2 aromatic carbocycles. The van der Waals surface area contributed by atoms with Crippen LogP contribution < -0.4 is 16.0 Å². The van der Waals surface area contributed by atoms with Crippen molar-refractivity contribution in [3.63, 3.8) is 0 Å². The first kappa shape index (κ1) is 19.9. The Morgan fingerprint density at radius 1 is 0.962 bits per heavy atom. The van der Waals surface area contributed by atoms with E-state index in [1.807, 2.05) is 12.1 Å². The number of amides is 3. The minimum Gasteiger partial charge on any atom is -0.343 e. The molecule has 2 rings (SSSR count). The Balaban J connectivity index is 1.91. The molecule has 26 heavy (non-hydrogen) atoms. The van der Waals surface area contributed by atoms with E-state index >= 15 is 0 Å². The van der Waals surface area contributed by atoms with Crippen molar-refractivity contribution in [2.75, 3.05) is 17.2 Å². The van der Waals surface area contributed by atoms with Crippen LogP contribution in [0.15, 0.2) is 48.5 Å². The fourth-order valence-corrected chi connectivity index (χ4v) is 2.70. The Hall–Kier alpha value is -2.42. The molecule has 0 aliphatic rings. The van der Waals surface area contributed by atoms with Crippen LogP contribution in [-0.4, -0.2) is 24.3 Å². The summed E-state index contributed by atoms with van der Waals surface area (Å²) in [5, 5.41) is 8.07. The second-order valence-corrected chi connectivity index (χ2v) is 7.10. The van der Waals surface area contributed by atoms with Crippen molar-refractivity contribution in [3.8, 4) is 0 Å². The summed E-state index contributed by atoms with van der Waals surface area (Å²) in [6, 6.07) is 14.0. The second kappa shape index (κ2) is 9.33. The molecule has 0 radical (unpaired) electrons. The Bertz CT molecular complexity index is 821. The summed E-state index contributed by atoms with van der Waals surface area (Å²) in [5.41, 5.74) is 1.67. The van der Waals surface area contributed by atoms with Crippen molar-refractivity contribution in [2.45, 2.75) is 13.8 Å². The van der Waals surface area contributed by atoms with Gasteiger partial charge in [-0.3, -0.25) is 14.4 Å². The molecule has 136 valence electrons. The van der Waals surface area contributed by atoms with E-state index in [1.54, 1.807) is 50.2 Å². The normalized spacial score (nSPS) is 10.3. The smallest absolute Gasteiger partial charge is 0.252 e. The Morgan fingerprint density at radius 3 is 2.27 bits per heavy atom. The number of anilines is 2. The minimum atomic E-state index is -0.350. The van der Waals surface area contributed by atoms with E-state index < -0.39 is 0 Å². The van der Waals surface area contributed by atoms with Crippen LogP contribution in [0.2, 0.25) is 0 Å². The lowest BCUT2D eigenvalue weighted by Crippen LogP contribution is -2.33. The lowest BCUT2D eigenvalue weighted by molar-refractivity contribution is -0.119. The highest BCUT2D eigenvalue weighted by atomic mass is 127. The zero-order chi connectivity index (χ0) is 19.1. The first-order valence-corrected chi connectivity index (χ1v) is 9.18. The predicted molar refractivity (Wildman–Crippen MR) is 110 cm³/mol. The van der Waals surface area contributed by atoms with E-state index in [-0.39, 0.29) is 30.2 Å². The van der Waals surface area contributed by atoms with E-state index in [0.717, 1.165) is 3.57 Å². The topological polar surface area (TPSA) is 87.3 Å². The Labute approximate surface area is 165 Å². The highest BCUT2D eigenvalue weighted by Crippen LogP contribution is 2.16. The van der Waals surface area contributed by atoms with Gasteiger partial charge < -0.3 is 16.0 Å². The third-order valence-electron chi connectivity index (χ3n) is 3.47. The van der Waals surface area contributed by atoms with Gasteiger partial charge in [0.25, 0.3) is 5.91 Å². The first-order valence-electron chi connectivity index (χ1n) is 8.10. The van der Waals surface area contributed by atoms with Crippen LogP contribution in [0, 0.1) is 9.49 Å². The Morgan fingerprint density at radius 2 is 1.62 bits per heavy atom. The third-order valence-corrected chi connectivity index (χ3v) is 4.41. The van der Waals surface area contributed by atoms with Gasteiger partial charge in [-0.25, -0.2) is 0 Å². The highest BCUT2D eigenvalue weighted by Gasteiger charge is 2.11. The molecule has 3 amide bonds. The number of hydrogen-bond donors (Lipinski definition) is 3. The molecule has 0 spiro atoms. The lowest BCUT2D eigenvalue weighted by Gasteiger charge is -2.11. The van der Waals surface area contributed by atoms with Crippen molar-refractivity contribution < 1.29 is 14.4 Å². The molecule has 0 saturated heterocycles. The van der Waals surface area contributed by atoms with E-state index in [1.165, 1.54) is 0 Å². The summed E-state index contributed by atoms with van der Waals surface area (Å²) < 4.78 is 0.816. The average Bonchev–Trinajstić information content (AvgIpc) is 2.60. The van der Waals surface area contributed by atoms with Gasteiger partial charge in [0.2, 0.25) is 11.8 Å². The summed E-state index contributed by atoms with van der Waals surface area (Å²) in [4.78, 5) is 35.9. The molecular weight excluding hydrogens is 445 g/mol. The number of carbonyl (C=O) groups is 3. The molecule has 0 heterocycles. The van der Waals surface area contributed by atoms with E-state index in [9.17, 15) is 14.4 Å². The van der Waals surface area contributed by atoms with E-state index in [0.29, 0.717) is 16.9 Å². The van der Waals surface area contributed by atoms with Crippen LogP contribution in [-0.2, 0) is 9.59 Å². The number of halogens is 1. The second-order valence-electron chi connectivity index (χ2n) is 5.94. The quantitative estimate of drug-likeness (QED) is 0.573.